The van der Waals surface area contributed by atoms with E-state index in [0.29, 0.717) is 6.54 Å². The first-order valence-corrected chi connectivity index (χ1v) is 11.8. The summed E-state index contributed by atoms with van der Waals surface area (Å²) in [5.41, 5.74) is 1.13. The highest BCUT2D eigenvalue weighted by Gasteiger charge is 2.22. The number of nitrogens with zero attached hydrogens (tertiary/aromatic N) is 5. The van der Waals surface area contributed by atoms with Gasteiger partial charge in [-0.25, -0.2) is 15.0 Å². The minimum absolute atomic E-state index is 0. The fraction of sp³-hybridized carbons (Fsp3) is 0.542. The van der Waals surface area contributed by atoms with Gasteiger partial charge in [0.25, 0.3) is 0 Å². The van der Waals surface area contributed by atoms with E-state index in [4.69, 9.17) is 9.73 Å². The fourth-order valence-corrected chi connectivity index (χ4v) is 3.73. The van der Waals surface area contributed by atoms with Gasteiger partial charge in [-0.3, -0.25) is 4.90 Å². The summed E-state index contributed by atoms with van der Waals surface area (Å²) in [6.45, 7) is 10.1. The number of para-hydroxylation sites is 1. The molecule has 1 aromatic heterocycles. The molecule has 0 radical (unpaired) electrons. The maximum absolute atomic E-state index is 6.02. The van der Waals surface area contributed by atoms with Crippen LogP contribution >= 0.6 is 24.0 Å². The predicted octanol–water partition coefficient (Wildman–Crippen LogP) is 2.76. The van der Waals surface area contributed by atoms with E-state index in [1.807, 2.05) is 18.2 Å². The average molecular weight is 566 g/mol. The minimum Gasteiger partial charge on any atom is -0.493 e. The van der Waals surface area contributed by atoms with Gasteiger partial charge in [-0.1, -0.05) is 18.2 Å². The Kier molecular flexibility index (Phi) is 10.5. The smallest absolute Gasteiger partial charge is 0.225 e. The van der Waals surface area contributed by atoms with Crippen LogP contribution in [-0.4, -0.2) is 73.2 Å². The minimum atomic E-state index is 0. The van der Waals surface area contributed by atoms with Crippen LogP contribution in [0.25, 0.3) is 0 Å². The molecule has 4 rings (SSSR count). The number of guanidine groups is 1. The third-order valence-corrected chi connectivity index (χ3v) is 5.82. The molecule has 9 heteroatoms. The van der Waals surface area contributed by atoms with Gasteiger partial charge in [-0.15, -0.1) is 24.0 Å². The maximum atomic E-state index is 6.02. The molecule has 1 aliphatic heterocycles. The molecule has 33 heavy (non-hydrogen) atoms. The second-order valence-electron chi connectivity index (χ2n) is 8.36. The van der Waals surface area contributed by atoms with Crippen LogP contribution in [0.4, 0.5) is 5.95 Å². The van der Waals surface area contributed by atoms with Crippen molar-refractivity contribution in [3.05, 3.63) is 48.3 Å². The Labute approximate surface area is 214 Å². The Bertz CT molecular complexity index is 855. The van der Waals surface area contributed by atoms with E-state index in [-0.39, 0.29) is 24.0 Å². The van der Waals surface area contributed by atoms with Crippen LogP contribution in [0.2, 0.25) is 0 Å². The zero-order valence-electron chi connectivity index (χ0n) is 19.4. The summed E-state index contributed by atoms with van der Waals surface area (Å²) in [7, 11) is 0. The summed E-state index contributed by atoms with van der Waals surface area (Å²) < 4.78 is 6.02. The normalized spacial score (nSPS) is 16.8. The van der Waals surface area contributed by atoms with Gasteiger partial charge in [0.1, 0.15) is 5.75 Å². The van der Waals surface area contributed by atoms with Gasteiger partial charge in [0.05, 0.1) is 13.2 Å². The standard InChI is InChI=1S/C24H35N7O.HI/c1-2-25-23(29-18-21-6-3-4-7-22(21)32-19-20-8-9-20)26-12-13-30-14-16-31(17-15-30)24-27-10-5-11-28-24;/h3-7,10-11,20H,2,8-9,12-19H2,1H3,(H2,25,26,29);1H. The van der Waals surface area contributed by atoms with Crippen LogP contribution in [0.15, 0.2) is 47.7 Å². The van der Waals surface area contributed by atoms with Crippen molar-refractivity contribution in [2.24, 2.45) is 10.9 Å². The number of aliphatic imine (C=N–C) groups is 1. The summed E-state index contributed by atoms with van der Waals surface area (Å²) in [6.07, 6.45) is 6.20. The van der Waals surface area contributed by atoms with Crippen LogP contribution in [-0.2, 0) is 6.54 Å². The van der Waals surface area contributed by atoms with Crippen molar-refractivity contribution in [3.8, 4) is 5.75 Å². The molecule has 8 nitrogen and oxygen atoms in total. The van der Waals surface area contributed by atoms with Gasteiger partial charge in [0.15, 0.2) is 5.96 Å². The van der Waals surface area contributed by atoms with E-state index in [0.717, 1.165) is 81.6 Å². The van der Waals surface area contributed by atoms with Crippen molar-refractivity contribution in [2.45, 2.75) is 26.3 Å². The Balaban J connectivity index is 0.00000306. The number of ether oxygens (including phenoxy) is 1. The van der Waals surface area contributed by atoms with Crippen molar-refractivity contribution in [1.29, 1.82) is 0 Å². The van der Waals surface area contributed by atoms with E-state index in [1.165, 1.54) is 12.8 Å². The summed E-state index contributed by atoms with van der Waals surface area (Å²) in [4.78, 5) is 18.2. The second-order valence-corrected chi connectivity index (χ2v) is 8.36. The van der Waals surface area contributed by atoms with Crippen LogP contribution in [0, 0.1) is 5.92 Å². The van der Waals surface area contributed by atoms with E-state index in [2.05, 4.69) is 49.5 Å². The first-order valence-electron chi connectivity index (χ1n) is 11.8. The van der Waals surface area contributed by atoms with Crippen LogP contribution < -0.4 is 20.3 Å². The Hall–Kier alpha value is -2.14. The molecule has 1 aromatic carbocycles. The molecular weight excluding hydrogens is 529 g/mol. The highest BCUT2D eigenvalue weighted by molar-refractivity contribution is 14.0. The molecule has 0 atom stereocenters. The summed E-state index contributed by atoms with van der Waals surface area (Å²) in [6, 6.07) is 10.1. The number of hydrogen-bond acceptors (Lipinski definition) is 6. The first-order chi connectivity index (χ1) is 15.8. The van der Waals surface area contributed by atoms with Crippen molar-refractivity contribution in [1.82, 2.24) is 25.5 Å². The number of aromatic nitrogens is 2. The SMILES string of the molecule is CCNC(=NCc1ccccc1OCC1CC1)NCCN1CCN(c2ncccn2)CC1.I. The summed E-state index contributed by atoms with van der Waals surface area (Å²) >= 11 is 0. The van der Waals surface area contributed by atoms with Gasteiger partial charge in [-0.2, -0.15) is 0 Å². The number of nitrogens with one attached hydrogen (secondary N) is 2. The lowest BCUT2D eigenvalue weighted by Crippen LogP contribution is -2.49. The Morgan fingerprint density at radius 1 is 1.06 bits per heavy atom. The van der Waals surface area contributed by atoms with Crippen LogP contribution in [0.3, 0.4) is 0 Å². The zero-order valence-corrected chi connectivity index (χ0v) is 21.8. The largest absolute Gasteiger partial charge is 0.493 e. The number of hydrogen-bond donors (Lipinski definition) is 2. The Morgan fingerprint density at radius 2 is 1.82 bits per heavy atom. The van der Waals surface area contributed by atoms with Gasteiger partial charge in [-0.05, 0) is 37.8 Å². The third-order valence-electron chi connectivity index (χ3n) is 5.82. The molecule has 2 heterocycles. The molecule has 2 fully saturated rings. The van der Waals surface area contributed by atoms with Crippen LogP contribution in [0.1, 0.15) is 25.3 Å². The number of benzene rings is 1. The lowest BCUT2D eigenvalue weighted by atomic mass is 10.2. The number of halogens is 1. The van der Waals surface area contributed by atoms with E-state index >= 15 is 0 Å². The molecule has 1 saturated heterocycles. The fourth-order valence-electron chi connectivity index (χ4n) is 3.73. The highest BCUT2D eigenvalue weighted by atomic mass is 127. The number of anilines is 1. The molecular formula is C24H36IN7O. The molecule has 0 unspecified atom stereocenters. The third kappa shape index (κ3) is 8.29. The molecule has 0 amide bonds. The van der Waals surface area contributed by atoms with Gasteiger partial charge in [0.2, 0.25) is 5.95 Å². The van der Waals surface area contributed by atoms with Crippen molar-refractivity contribution in [3.63, 3.8) is 0 Å². The maximum Gasteiger partial charge on any atom is 0.225 e. The molecule has 2 aromatic rings. The van der Waals surface area contributed by atoms with E-state index < -0.39 is 0 Å². The monoisotopic (exact) mass is 565 g/mol. The van der Waals surface area contributed by atoms with Gasteiger partial charge in [0, 0.05) is 63.8 Å². The first kappa shape index (κ1) is 25.5. The molecule has 2 N–H and O–H groups in total. The predicted molar refractivity (Wildman–Crippen MR) is 144 cm³/mol. The quantitative estimate of drug-likeness (QED) is 0.261. The number of piperazine rings is 1. The van der Waals surface area contributed by atoms with Gasteiger partial charge < -0.3 is 20.3 Å². The molecule has 1 saturated carbocycles. The zero-order chi connectivity index (χ0) is 22.0. The average Bonchev–Trinajstić information content (AvgIpc) is 3.67. The molecule has 0 bridgehead atoms. The summed E-state index contributed by atoms with van der Waals surface area (Å²) in [5, 5.41) is 6.83. The Morgan fingerprint density at radius 3 is 2.55 bits per heavy atom. The van der Waals surface area contributed by atoms with Crippen LogP contribution in [0.5, 0.6) is 5.75 Å². The molecule has 180 valence electrons. The van der Waals surface area contributed by atoms with Crippen molar-refractivity contribution >= 4 is 35.9 Å². The second kappa shape index (κ2) is 13.5. The topological polar surface area (TPSA) is 77.9 Å². The summed E-state index contributed by atoms with van der Waals surface area (Å²) in [5.74, 6) is 3.38. The van der Waals surface area contributed by atoms with E-state index in [9.17, 15) is 0 Å². The number of rotatable bonds is 10. The molecule has 1 aliphatic carbocycles. The molecule has 2 aliphatic rings. The lowest BCUT2D eigenvalue weighted by Gasteiger charge is -2.34. The lowest BCUT2D eigenvalue weighted by molar-refractivity contribution is 0.260. The molecule has 0 spiro atoms. The highest BCUT2D eigenvalue weighted by Crippen LogP contribution is 2.30. The van der Waals surface area contributed by atoms with Crippen molar-refractivity contribution in [2.75, 3.05) is 57.3 Å². The van der Waals surface area contributed by atoms with E-state index in [1.54, 1.807) is 12.4 Å². The van der Waals surface area contributed by atoms with Gasteiger partial charge >= 0.3 is 0 Å². The van der Waals surface area contributed by atoms with Crippen molar-refractivity contribution < 1.29 is 4.74 Å².